The van der Waals surface area contributed by atoms with Crippen LogP contribution in [0.25, 0.3) is 6.08 Å². The number of hydrogen-bond donors (Lipinski definition) is 0. The molecule has 0 atom stereocenters. The van der Waals surface area contributed by atoms with E-state index in [1.54, 1.807) is 0 Å². The summed E-state index contributed by atoms with van der Waals surface area (Å²) in [6, 6.07) is 3.97. The van der Waals surface area contributed by atoms with Crippen molar-refractivity contribution in [3.8, 4) is 0 Å². The van der Waals surface area contributed by atoms with Crippen LogP contribution in [0.2, 0.25) is 0 Å². The fourth-order valence-electron chi connectivity index (χ4n) is 1.01. The molecule has 2 nitrogen and oxygen atoms in total. The summed E-state index contributed by atoms with van der Waals surface area (Å²) in [6.07, 6.45) is 3.96. The van der Waals surface area contributed by atoms with Gasteiger partial charge in [-0.25, -0.2) is 4.98 Å². The number of aromatic nitrogens is 1. The summed E-state index contributed by atoms with van der Waals surface area (Å²) < 4.78 is 5.90. The zero-order valence-corrected chi connectivity index (χ0v) is 8.04. The maximum atomic E-state index is 5.03. The Bertz CT molecular complexity index is 299. The van der Waals surface area contributed by atoms with Crippen LogP contribution in [0.3, 0.4) is 0 Å². The molecule has 1 aliphatic heterocycles. The minimum Gasteiger partial charge on any atom is -0.373 e. The van der Waals surface area contributed by atoms with Gasteiger partial charge in [0, 0.05) is 6.20 Å². The zero-order valence-electron chi connectivity index (χ0n) is 6.46. The van der Waals surface area contributed by atoms with Gasteiger partial charge in [0.2, 0.25) is 0 Å². The third-order valence-corrected chi connectivity index (χ3v) is 2.17. The molecule has 0 bridgehead atoms. The predicted octanol–water partition coefficient (Wildman–Crippen LogP) is 2.26. The lowest BCUT2D eigenvalue weighted by Gasteiger charge is -2.16. The highest BCUT2D eigenvalue weighted by Crippen LogP contribution is 2.14. The van der Waals surface area contributed by atoms with Crippen LogP contribution in [-0.2, 0) is 4.74 Å². The second-order valence-electron chi connectivity index (χ2n) is 2.71. The van der Waals surface area contributed by atoms with Crippen LogP contribution in [0.4, 0.5) is 0 Å². The van der Waals surface area contributed by atoms with E-state index in [4.69, 9.17) is 4.74 Å². The molecule has 12 heavy (non-hydrogen) atoms. The van der Waals surface area contributed by atoms with Crippen LogP contribution in [-0.4, -0.2) is 18.2 Å². The van der Waals surface area contributed by atoms with E-state index in [1.807, 2.05) is 18.3 Å². The lowest BCUT2D eigenvalue weighted by molar-refractivity contribution is 0.105. The Morgan fingerprint density at radius 2 is 2.25 bits per heavy atom. The Labute approximate surface area is 79.4 Å². The molecule has 62 valence electrons. The van der Waals surface area contributed by atoms with Gasteiger partial charge in [-0.2, -0.15) is 0 Å². The molecule has 3 heteroatoms. The van der Waals surface area contributed by atoms with E-state index in [0.717, 1.165) is 23.4 Å². The average Bonchev–Trinajstić information content (AvgIpc) is 2.00. The third-order valence-electron chi connectivity index (χ3n) is 1.70. The Balaban J connectivity index is 2.18. The minimum absolute atomic E-state index is 0.774. The highest BCUT2D eigenvalue weighted by molar-refractivity contribution is 9.10. The first-order chi connectivity index (χ1) is 5.84. The SMILES string of the molecule is Brc1ccc(C=C2COC2)cn1. The Kier molecular flexibility index (Phi) is 2.23. The van der Waals surface area contributed by atoms with Gasteiger partial charge in [-0.05, 0) is 39.2 Å². The molecule has 1 fully saturated rings. The number of halogens is 1. The number of rotatable bonds is 1. The number of pyridine rings is 1. The summed E-state index contributed by atoms with van der Waals surface area (Å²) in [6.45, 7) is 1.55. The van der Waals surface area contributed by atoms with E-state index in [2.05, 4.69) is 27.0 Å². The largest absolute Gasteiger partial charge is 0.373 e. The average molecular weight is 226 g/mol. The zero-order chi connectivity index (χ0) is 8.39. The molecule has 0 aliphatic carbocycles. The monoisotopic (exact) mass is 225 g/mol. The summed E-state index contributed by atoms with van der Waals surface area (Å²) in [4.78, 5) is 4.12. The summed E-state index contributed by atoms with van der Waals surface area (Å²) in [5, 5.41) is 0. The standard InChI is InChI=1S/C9H8BrNO/c10-9-2-1-7(4-11-9)3-8-5-12-6-8/h1-4H,5-6H2. The fourth-order valence-corrected chi connectivity index (χ4v) is 1.25. The molecule has 1 aromatic heterocycles. The van der Waals surface area contributed by atoms with E-state index in [-0.39, 0.29) is 0 Å². The van der Waals surface area contributed by atoms with Crippen LogP contribution >= 0.6 is 15.9 Å². The van der Waals surface area contributed by atoms with Crippen molar-refractivity contribution in [1.82, 2.24) is 4.98 Å². The van der Waals surface area contributed by atoms with Gasteiger partial charge in [0.05, 0.1) is 13.2 Å². The predicted molar refractivity (Wildman–Crippen MR) is 50.7 cm³/mol. The van der Waals surface area contributed by atoms with Crippen molar-refractivity contribution in [3.63, 3.8) is 0 Å². The minimum atomic E-state index is 0.774. The Morgan fingerprint density at radius 3 is 2.75 bits per heavy atom. The number of nitrogens with zero attached hydrogens (tertiary/aromatic N) is 1. The van der Waals surface area contributed by atoms with Crippen LogP contribution in [0, 0.1) is 0 Å². The van der Waals surface area contributed by atoms with E-state index in [1.165, 1.54) is 5.57 Å². The van der Waals surface area contributed by atoms with Gasteiger partial charge in [-0.15, -0.1) is 0 Å². The summed E-state index contributed by atoms with van der Waals surface area (Å²) in [5.74, 6) is 0. The highest BCUT2D eigenvalue weighted by atomic mass is 79.9. The molecular weight excluding hydrogens is 218 g/mol. The van der Waals surface area contributed by atoms with Crippen LogP contribution in [0.15, 0.2) is 28.5 Å². The molecule has 0 N–H and O–H groups in total. The van der Waals surface area contributed by atoms with Crippen molar-refractivity contribution < 1.29 is 4.74 Å². The quantitative estimate of drug-likeness (QED) is 0.685. The molecule has 0 amide bonds. The first-order valence-corrected chi connectivity index (χ1v) is 4.52. The van der Waals surface area contributed by atoms with Crippen molar-refractivity contribution in [2.45, 2.75) is 0 Å². The molecular formula is C9H8BrNO. The van der Waals surface area contributed by atoms with Crippen molar-refractivity contribution in [3.05, 3.63) is 34.1 Å². The Hall–Kier alpha value is -0.670. The second kappa shape index (κ2) is 3.37. The van der Waals surface area contributed by atoms with Gasteiger partial charge in [0.25, 0.3) is 0 Å². The summed E-state index contributed by atoms with van der Waals surface area (Å²) >= 11 is 3.29. The smallest absolute Gasteiger partial charge is 0.106 e. The van der Waals surface area contributed by atoms with E-state index in [0.29, 0.717) is 0 Å². The third kappa shape index (κ3) is 1.73. The molecule has 2 heterocycles. The first-order valence-electron chi connectivity index (χ1n) is 3.73. The Morgan fingerprint density at radius 1 is 1.42 bits per heavy atom. The van der Waals surface area contributed by atoms with Gasteiger partial charge >= 0.3 is 0 Å². The maximum absolute atomic E-state index is 5.03. The van der Waals surface area contributed by atoms with Gasteiger partial charge < -0.3 is 4.74 Å². The molecule has 1 saturated heterocycles. The van der Waals surface area contributed by atoms with Crippen LogP contribution < -0.4 is 0 Å². The molecule has 2 rings (SSSR count). The molecule has 0 aromatic carbocycles. The van der Waals surface area contributed by atoms with Crippen molar-refractivity contribution in [2.24, 2.45) is 0 Å². The van der Waals surface area contributed by atoms with E-state index in [9.17, 15) is 0 Å². The normalized spacial score (nSPS) is 15.6. The van der Waals surface area contributed by atoms with Gasteiger partial charge in [-0.3, -0.25) is 0 Å². The van der Waals surface area contributed by atoms with Gasteiger partial charge in [0.15, 0.2) is 0 Å². The van der Waals surface area contributed by atoms with Crippen molar-refractivity contribution in [2.75, 3.05) is 13.2 Å². The summed E-state index contributed by atoms with van der Waals surface area (Å²) in [5.41, 5.74) is 2.47. The fraction of sp³-hybridized carbons (Fsp3) is 0.222. The van der Waals surface area contributed by atoms with Gasteiger partial charge in [0.1, 0.15) is 4.60 Å². The van der Waals surface area contributed by atoms with Crippen molar-refractivity contribution >= 4 is 22.0 Å². The van der Waals surface area contributed by atoms with E-state index >= 15 is 0 Å². The van der Waals surface area contributed by atoms with Crippen LogP contribution in [0.1, 0.15) is 5.56 Å². The lowest BCUT2D eigenvalue weighted by atomic mass is 10.1. The van der Waals surface area contributed by atoms with E-state index < -0.39 is 0 Å². The molecule has 0 spiro atoms. The second-order valence-corrected chi connectivity index (χ2v) is 3.52. The molecule has 0 unspecified atom stereocenters. The van der Waals surface area contributed by atoms with Crippen molar-refractivity contribution in [1.29, 1.82) is 0 Å². The molecule has 1 aromatic rings. The topological polar surface area (TPSA) is 22.1 Å². The highest BCUT2D eigenvalue weighted by Gasteiger charge is 2.07. The maximum Gasteiger partial charge on any atom is 0.106 e. The number of ether oxygens (including phenoxy) is 1. The number of hydrogen-bond acceptors (Lipinski definition) is 2. The molecule has 0 saturated carbocycles. The molecule has 1 aliphatic rings. The van der Waals surface area contributed by atoms with Gasteiger partial charge in [-0.1, -0.05) is 6.07 Å². The molecule has 0 radical (unpaired) electrons. The van der Waals surface area contributed by atoms with Crippen LogP contribution in [0.5, 0.6) is 0 Å². The lowest BCUT2D eigenvalue weighted by Crippen LogP contribution is -2.15. The summed E-state index contributed by atoms with van der Waals surface area (Å²) in [7, 11) is 0. The first kappa shape index (κ1) is 7.95.